The van der Waals surface area contributed by atoms with Gasteiger partial charge in [0.15, 0.2) is 0 Å². The number of nitrogens with one attached hydrogen (secondary N) is 1. The van der Waals surface area contributed by atoms with Crippen LogP contribution >= 0.6 is 0 Å². The predicted molar refractivity (Wildman–Crippen MR) is 183 cm³/mol. The first kappa shape index (κ1) is 32.9. The van der Waals surface area contributed by atoms with E-state index >= 15 is 0 Å². The van der Waals surface area contributed by atoms with E-state index in [1.165, 1.54) is 4.31 Å². The van der Waals surface area contributed by atoms with E-state index in [1.807, 2.05) is 86.6 Å². The van der Waals surface area contributed by atoms with Crippen molar-refractivity contribution >= 4 is 27.5 Å². The molecule has 0 bridgehead atoms. The number of hydrogen-bond acceptors (Lipinski definition) is 4. The molecule has 1 aliphatic rings. The fraction of sp³-hybridized carbons (Fsp3) is 0.316. The Hall–Kier alpha value is -4.43. The Morgan fingerprint density at radius 2 is 1.35 bits per heavy atom. The Balaban J connectivity index is 1.55. The van der Waals surface area contributed by atoms with Gasteiger partial charge in [-0.15, -0.1) is 0 Å². The number of hydrogen-bond donors (Lipinski definition) is 1. The van der Waals surface area contributed by atoms with Crippen LogP contribution in [0.15, 0.2) is 114 Å². The van der Waals surface area contributed by atoms with Crippen molar-refractivity contribution in [1.82, 2.24) is 10.2 Å². The minimum absolute atomic E-state index is 0.0542. The summed E-state index contributed by atoms with van der Waals surface area (Å²) in [6.07, 6.45) is 5.39. The van der Waals surface area contributed by atoms with Gasteiger partial charge in [0.2, 0.25) is 11.8 Å². The number of sulfonamides is 1. The lowest BCUT2D eigenvalue weighted by Gasteiger charge is -2.35. The van der Waals surface area contributed by atoms with Crippen molar-refractivity contribution in [3.8, 4) is 0 Å². The van der Waals surface area contributed by atoms with Gasteiger partial charge in [-0.25, -0.2) is 8.42 Å². The standard InChI is InChI=1S/C38H43N3O4S/c1-29-22-24-34(25-23-29)46(44,45)41(35-21-13-12-14-30(35)2)28-37(42)40(27-32-17-8-4-9-18-32)36(26-31-15-6-3-7-16-31)38(43)39-33-19-10-5-11-20-33/h3-4,6-9,12-18,21-25,33,36H,5,10-11,19-20,26-28H2,1-2H3,(H,39,43). The molecule has 1 fully saturated rings. The topological polar surface area (TPSA) is 86.8 Å². The van der Waals surface area contributed by atoms with Crippen LogP contribution in [-0.2, 0) is 32.6 Å². The van der Waals surface area contributed by atoms with Crippen LogP contribution in [0.1, 0.15) is 54.4 Å². The largest absolute Gasteiger partial charge is 0.352 e. The highest BCUT2D eigenvalue weighted by molar-refractivity contribution is 7.92. The minimum atomic E-state index is -4.14. The maximum absolute atomic E-state index is 14.6. The first-order valence-corrected chi connectivity index (χ1v) is 17.5. The van der Waals surface area contributed by atoms with E-state index in [0.29, 0.717) is 12.1 Å². The Kier molecular flexibility index (Phi) is 10.9. The van der Waals surface area contributed by atoms with Crippen LogP contribution in [-0.4, -0.2) is 43.8 Å². The van der Waals surface area contributed by atoms with Gasteiger partial charge in [-0.3, -0.25) is 13.9 Å². The molecule has 4 aromatic rings. The van der Waals surface area contributed by atoms with Gasteiger partial charge in [0.25, 0.3) is 10.0 Å². The van der Waals surface area contributed by atoms with E-state index < -0.39 is 28.5 Å². The Morgan fingerprint density at radius 3 is 1.98 bits per heavy atom. The molecular formula is C38H43N3O4S. The van der Waals surface area contributed by atoms with E-state index in [-0.39, 0.29) is 23.4 Å². The molecule has 1 N–H and O–H groups in total. The third kappa shape index (κ3) is 8.23. The molecule has 1 atom stereocenters. The summed E-state index contributed by atoms with van der Waals surface area (Å²) in [5.41, 5.74) is 3.83. The molecule has 4 aromatic carbocycles. The number of carbonyl (C=O) groups is 2. The van der Waals surface area contributed by atoms with Gasteiger partial charge >= 0.3 is 0 Å². The molecule has 0 radical (unpaired) electrons. The van der Waals surface area contributed by atoms with Crippen molar-refractivity contribution in [3.63, 3.8) is 0 Å². The summed E-state index contributed by atoms with van der Waals surface area (Å²) in [6.45, 7) is 3.41. The smallest absolute Gasteiger partial charge is 0.264 e. The average Bonchev–Trinajstić information content (AvgIpc) is 3.07. The fourth-order valence-corrected chi connectivity index (χ4v) is 7.55. The highest BCUT2D eigenvalue weighted by Crippen LogP contribution is 2.28. The Morgan fingerprint density at radius 1 is 0.761 bits per heavy atom. The maximum Gasteiger partial charge on any atom is 0.264 e. The number of rotatable bonds is 12. The lowest BCUT2D eigenvalue weighted by molar-refractivity contribution is -0.140. The summed E-state index contributed by atoms with van der Waals surface area (Å²) in [4.78, 5) is 30.5. The lowest BCUT2D eigenvalue weighted by Crippen LogP contribution is -2.55. The molecule has 0 saturated heterocycles. The number of carbonyl (C=O) groups excluding carboxylic acids is 2. The van der Waals surface area contributed by atoms with E-state index in [1.54, 1.807) is 41.3 Å². The Labute approximate surface area is 273 Å². The van der Waals surface area contributed by atoms with Crippen molar-refractivity contribution < 1.29 is 18.0 Å². The van der Waals surface area contributed by atoms with Crippen molar-refractivity contribution in [1.29, 1.82) is 0 Å². The van der Waals surface area contributed by atoms with Crippen LogP contribution in [0.25, 0.3) is 0 Å². The molecule has 0 spiro atoms. The number of para-hydroxylation sites is 1. The van der Waals surface area contributed by atoms with Gasteiger partial charge in [0.1, 0.15) is 12.6 Å². The highest BCUT2D eigenvalue weighted by atomic mass is 32.2. The third-order valence-corrected chi connectivity index (χ3v) is 10.5. The van der Waals surface area contributed by atoms with Crippen LogP contribution < -0.4 is 9.62 Å². The second kappa shape index (κ2) is 15.2. The molecule has 7 nitrogen and oxygen atoms in total. The van der Waals surface area contributed by atoms with Crippen LogP contribution in [0.4, 0.5) is 5.69 Å². The van der Waals surface area contributed by atoms with Crippen LogP contribution in [0.3, 0.4) is 0 Å². The zero-order chi connectivity index (χ0) is 32.5. The number of amides is 2. The molecule has 46 heavy (non-hydrogen) atoms. The quantitative estimate of drug-likeness (QED) is 0.190. The molecular weight excluding hydrogens is 595 g/mol. The first-order chi connectivity index (χ1) is 22.2. The molecule has 8 heteroatoms. The fourth-order valence-electron chi connectivity index (χ4n) is 6.07. The van der Waals surface area contributed by atoms with Crippen molar-refractivity contribution in [2.24, 2.45) is 0 Å². The normalized spacial score (nSPS) is 14.3. The Bertz CT molecular complexity index is 1700. The SMILES string of the molecule is Cc1ccc(S(=O)(=O)N(CC(=O)N(Cc2ccccc2)C(Cc2ccccc2)C(=O)NC2CCCCC2)c2ccccc2C)cc1. The van der Waals surface area contributed by atoms with Crippen molar-refractivity contribution in [3.05, 3.63) is 131 Å². The highest BCUT2D eigenvalue weighted by Gasteiger charge is 2.35. The molecule has 5 rings (SSSR count). The molecule has 1 aliphatic carbocycles. The second-order valence-electron chi connectivity index (χ2n) is 12.2. The minimum Gasteiger partial charge on any atom is -0.352 e. The van der Waals surface area contributed by atoms with E-state index in [4.69, 9.17) is 0 Å². The summed E-state index contributed by atoms with van der Waals surface area (Å²) >= 11 is 0. The molecule has 240 valence electrons. The summed E-state index contributed by atoms with van der Waals surface area (Å²) in [6, 6.07) is 32.2. The van der Waals surface area contributed by atoms with Gasteiger partial charge in [-0.05, 0) is 61.6 Å². The maximum atomic E-state index is 14.6. The molecule has 1 unspecified atom stereocenters. The lowest BCUT2D eigenvalue weighted by atomic mass is 9.94. The first-order valence-electron chi connectivity index (χ1n) is 16.0. The summed E-state index contributed by atoms with van der Waals surface area (Å²) < 4.78 is 29.7. The number of nitrogens with zero attached hydrogens (tertiary/aromatic N) is 2. The van der Waals surface area contributed by atoms with E-state index in [2.05, 4.69) is 5.32 Å². The van der Waals surface area contributed by atoms with Gasteiger partial charge in [0, 0.05) is 19.0 Å². The monoisotopic (exact) mass is 637 g/mol. The van der Waals surface area contributed by atoms with Crippen molar-refractivity contribution in [2.45, 2.75) is 75.9 Å². The number of benzene rings is 4. The van der Waals surface area contributed by atoms with Gasteiger partial charge in [-0.2, -0.15) is 0 Å². The average molecular weight is 638 g/mol. The molecule has 0 heterocycles. The number of anilines is 1. The molecule has 0 aliphatic heterocycles. The second-order valence-corrected chi connectivity index (χ2v) is 14.0. The zero-order valence-corrected chi connectivity index (χ0v) is 27.5. The number of aryl methyl sites for hydroxylation is 2. The molecule has 0 aromatic heterocycles. The van der Waals surface area contributed by atoms with E-state index in [0.717, 1.165) is 54.4 Å². The van der Waals surface area contributed by atoms with Gasteiger partial charge in [-0.1, -0.05) is 116 Å². The summed E-state index contributed by atoms with van der Waals surface area (Å²) in [5.74, 6) is -0.675. The summed E-state index contributed by atoms with van der Waals surface area (Å²) in [7, 11) is -4.14. The van der Waals surface area contributed by atoms with Crippen LogP contribution in [0, 0.1) is 13.8 Å². The zero-order valence-electron chi connectivity index (χ0n) is 26.6. The predicted octanol–water partition coefficient (Wildman–Crippen LogP) is 6.59. The van der Waals surface area contributed by atoms with Gasteiger partial charge in [0.05, 0.1) is 10.6 Å². The third-order valence-electron chi connectivity index (χ3n) is 8.69. The van der Waals surface area contributed by atoms with E-state index in [9.17, 15) is 18.0 Å². The van der Waals surface area contributed by atoms with Crippen molar-refractivity contribution in [2.75, 3.05) is 10.8 Å². The van der Waals surface area contributed by atoms with Crippen LogP contribution in [0.2, 0.25) is 0 Å². The summed E-state index contributed by atoms with van der Waals surface area (Å²) in [5, 5.41) is 3.25. The van der Waals surface area contributed by atoms with Crippen LogP contribution in [0.5, 0.6) is 0 Å². The molecule has 1 saturated carbocycles. The van der Waals surface area contributed by atoms with Gasteiger partial charge < -0.3 is 10.2 Å². The molecule has 2 amide bonds.